The van der Waals surface area contributed by atoms with Gasteiger partial charge in [-0.2, -0.15) is 0 Å². The third kappa shape index (κ3) is 2.32. The van der Waals surface area contributed by atoms with E-state index in [1.807, 2.05) is 19.1 Å². The van der Waals surface area contributed by atoms with Gasteiger partial charge in [0.2, 0.25) is 0 Å². The third-order valence-corrected chi connectivity index (χ3v) is 4.90. The molecule has 0 aromatic heterocycles. The van der Waals surface area contributed by atoms with Crippen molar-refractivity contribution in [3.8, 4) is 0 Å². The van der Waals surface area contributed by atoms with E-state index >= 15 is 0 Å². The predicted octanol–water partition coefficient (Wildman–Crippen LogP) is 3.66. The number of aryl methyl sites for hydroxylation is 1. The molecule has 1 aromatic rings. The lowest BCUT2D eigenvalue weighted by Crippen LogP contribution is -2.37. The molecule has 0 saturated heterocycles. The molecule has 1 fully saturated rings. The number of thioether (sulfide) groups is 1. The molecular formula is C12H15ClOS. The van der Waals surface area contributed by atoms with Gasteiger partial charge in [0.25, 0.3) is 0 Å². The summed E-state index contributed by atoms with van der Waals surface area (Å²) in [7, 11) is 0. The maximum absolute atomic E-state index is 9.37. The second kappa shape index (κ2) is 4.36. The molecule has 1 nitrogen and oxygen atoms in total. The number of rotatable bonds is 3. The van der Waals surface area contributed by atoms with Gasteiger partial charge in [0.1, 0.15) is 0 Å². The van der Waals surface area contributed by atoms with Crippen LogP contribution in [0.1, 0.15) is 24.8 Å². The van der Waals surface area contributed by atoms with Crippen LogP contribution < -0.4 is 0 Å². The van der Waals surface area contributed by atoms with Crippen LogP contribution >= 0.6 is 23.4 Å². The molecule has 1 aliphatic rings. The summed E-state index contributed by atoms with van der Waals surface area (Å²) in [5, 5.41) is 10.2. The first kappa shape index (κ1) is 11.3. The van der Waals surface area contributed by atoms with Gasteiger partial charge in [-0.15, -0.1) is 11.8 Å². The van der Waals surface area contributed by atoms with Crippen molar-refractivity contribution in [1.82, 2.24) is 0 Å². The van der Waals surface area contributed by atoms with Crippen LogP contribution in [0.2, 0.25) is 5.02 Å². The normalized spacial score (nSPS) is 18.6. The van der Waals surface area contributed by atoms with E-state index in [4.69, 9.17) is 11.6 Å². The maximum atomic E-state index is 9.37. The smallest absolute Gasteiger partial charge is 0.0581 e. The van der Waals surface area contributed by atoms with E-state index in [1.165, 1.54) is 11.3 Å². The van der Waals surface area contributed by atoms with Crippen molar-refractivity contribution in [3.05, 3.63) is 28.8 Å². The maximum Gasteiger partial charge on any atom is 0.0581 e. The highest BCUT2D eigenvalue weighted by molar-refractivity contribution is 8.00. The summed E-state index contributed by atoms with van der Waals surface area (Å²) in [4.78, 5) is 1.21. The fourth-order valence-corrected chi connectivity index (χ4v) is 3.34. The Balaban J connectivity index is 2.13. The number of benzene rings is 1. The van der Waals surface area contributed by atoms with E-state index in [0.29, 0.717) is 0 Å². The minimum atomic E-state index is 0.0836. The molecule has 82 valence electrons. The van der Waals surface area contributed by atoms with Crippen molar-refractivity contribution in [1.29, 1.82) is 0 Å². The Morgan fingerprint density at radius 3 is 2.67 bits per heavy atom. The van der Waals surface area contributed by atoms with Crippen LogP contribution in [0.3, 0.4) is 0 Å². The van der Waals surface area contributed by atoms with Gasteiger partial charge in [-0.3, -0.25) is 0 Å². The predicted molar refractivity (Wildman–Crippen MR) is 65.7 cm³/mol. The molecule has 3 heteroatoms. The largest absolute Gasteiger partial charge is 0.395 e. The number of halogens is 1. The summed E-state index contributed by atoms with van der Waals surface area (Å²) in [6.07, 6.45) is 3.48. The van der Waals surface area contributed by atoms with Gasteiger partial charge in [0.15, 0.2) is 0 Å². The van der Waals surface area contributed by atoms with Crippen molar-refractivity contribution in [2.45, 2.75) is 35.8 Å². The lowest BCUT2D eigenvalue weighted by Gasteiger charge is -2.39. The van der Waals surface area contributed by atoms with Crippen LogP contribution in [0, 0.1) is 6.92 Å². The molecule has 0 spiro atoms. The summed E-state index contributed by atoms with van der Waals surface area (Å²) in [5.41, 5.74) is 1.11. The fourth-order valence-electron chi connectivity index (χ4n) is 1.79. The van der Waals surface area contributed by atoms with Crippen LogP contribution in [-0.4, -0.2) is 16.5 Å². The quantitative estimate of drug-likeness (QED) is 0.873. The van der Waals surface area contributed by atoms with Crippen LogP contribution in [0.5, 0.6) is 0 Å². The Morgan fingerprint density at radius 1 is 1.47 bits per heavy atom. The fraction of sp³-hybridized carbons (Fsp3) is 0.500. The molecular weight excluding hydrogens is 228 g/mol. The zero-order valence-electron chi connectivity index (χ0n) is 8.79. The number of aliphatic hydroxyl groups is 1. The lowest BCUT2D eigenvalue weighted by molar-refractivity contribution is 0.191. The van der Waals surface area contributed by atoms with Crippen molar-refractivity contribution in [2.24, 2.45) is 0 Å². The van der Waals surface area contributed by atoms with Crippen LogP contribution in [0.25, 0.3) is 0 Å². The molecule has 1 aromatic carbocycles. The van der Waals surface area contributed by atoms with Crippen molar-refractivity contribution in [2.75, 3.05) is 6.61 Å². The second-order valence-electron chi connectivity index (χ2n) is 4.21. The Kier molecular flexibility index (Phi) is 3.29. The Hall–Kier alpha value is -0.180. The molecule has 0 unspecified atom stereocenters. The average molecular weight is 243 g/mol. The second-order valence-corrected chi connectivity index (χ2v) is 6.16. The van der Waals surface area contributed by atoms with Gasteiger partial charge in [0.05, 0.1) is 6.61 Å². The standard InChI is InChI=1S/C12H15ClOS/c1-9-7-10(3-4-11(9)13)15-12(8-14)5-2-6-12/h3-4,7,14H,2,5-6,8H2,1H3. The molecule has 0 aliphatic heterocycles. The first-order chi connectivity index (χ1) is 7.15. The molecule has 1 aliphatic carbocycles. The van der Waals surface area contributed by atoms with E-state index in [1.54, 1.807) is 11.8 Å². The summed E-state index contributed by atoms with van der Waals surface area (Å²) < 4.78 is 0.0836. The highest BCUT2D eigenvalue weighted by Crippen LogP contribution is 2.47. The first-order valence-electron chi connectivity index (χ1n) is 5.21. The zero-order valence-corrected chi connectivity index (χ0v) is 10.4. The van der Waals surface area contributed by atoms with Crippen LogP contribution in [-0.2, 0) is 0 Å². The van der Waals surface area contributed by atoms with E-state index in [2.05, 4.69) is 6.07 Å². The SMILES string of the molecule is Cc1cc(SC2(CO)CCC2)ccc1Cl. The minimum Gasteiger partial charge on any atom is -0.395 e. The summed E-state index contributed by atoms with van der Waals surface area (Å²) in [6, 6.07) is 6.07. The minimum absolute atomic E-state index is 0.0836. The van der Waals surface area contributed by atoms with Gasteiger partial charge in [-0.05, 0) is 43.5 Å². The van der Waals surface area contributed by atoms with Gasteiger partial charge >= 0.3 is 0 Å². The van der Waals surface area contributed by atoms with E-state index < -0.39 is 0 Å². The molecule has 15 heavy (non-hydrogen) atoms. The number of aliphatic hydroxyl groups excluding tert-OH is 1. The molecule has 0 bridgehead atoms. The average Bonchev–Trinajstić information content (AvgIpc) is 2.17. The Bertz CT molecular complexity index is 355. The van der Waals surface area contributed by atoms with E-state index in [0.717, 1.165) is 23.4 Å². The van der Waals surface area contributed by atoms with Crippen LogP contribution in [0.15, 0.2) is 23.1 Å². The molecule has 1 saturated carbocycles. The molecule has 2 rings (SSSR count). The van der Waals surface area contributed by atoms with Crippen molar-refractivity contribution >= 4 is 23.4 Å². The molecule has 0 atom stereocenters. The van der Waals surface area contributed by atoms with Gasteiger partial charge < -0.3 is 5.11 Å². The molecule has 0 amide bonds. The van der Waals surface area contributed by atoms with Crippen LogP contribution in [0.4, 0.5) is 0 Å². The third-order valence-electron chi connectivity index (χ3n) is 3.02. The summed E-state index contributed by atoms with van der Waals surface area (Å²) in [6.45, 7) is 2.29. The monoisotopic (exact) mass is 242 g/mol. The summed E-state index contributed by atoms with van der Waals surface area (Å²) >= 11 is 7.77. The molecule has 0 radical (unpaired) electrons. The van der Waals surface area contributed by atoms with Crippen molar-refractivity contribution in [3.63, 3.8) is 0 Å². The molecule has 0 heterocycles. The lowest BCUT2D eigenvalue weighted by atomic mass is 9.85. The number of hydrogen-bond donors (Lipinski definition) is 1. The Morgan fingerprint density at radius 2 is 2.20 bits per heavy atom. The summed E-state index contributed by atoms with van der Waals surface area (Å²) in [5.74, 6) is 0. The van der Waals surface area contributed by atoms with E-state index in [9.17, 15) is 5.11 Å². The van der Waals surface area contributed by atoms with Gasteiger partial charge in [0, 0.05) is 14.7 Å². The zero-order chi connectivity index (χ0) is 10.9. The topological polar surface area (TPSA) is 20.2 Å². The van der Waals surface area contributed by atoms with Crippen molar-refractivity contribution < 1.29 is 5.11 Å². The van der Waals surface area contributed by atoms with Gasteiger partial charge in [-0.25, -0.2) is 0 Å². The highest BCUT2D eigenvalue weighted by Gasteiger charge is 2.37. The Labute approximate surface area is 99.8 Å². The van der Waals surface area contributed by atoms with Gasteiger partial charge in [-0.1, -0.05) is 18.0 Å². The first-order valence-corrected chi connectivity index (χ1v) is 6.41. The highest BCUT2D eigenvalue weighted by atomic mass is 35.5. The number of hydrogen-bond acceptors (Lipinski definition) is 2. The molecule has 1 N–H and O–H groups in total. The van der Waals surface area contributed by atoms with E-state index in [-0.39, 0.29) is 11.4 Å².